The Hall–Kier alpha value is -0.900. The minimum Gasteiger partial charge on any atom is -0.376 e. The molecule has 1 aliphatic rings. The van der Waals surface area contributed by atoms with Crippen molar-refractivity contribution in [3.63, 3.8) is 0 Å². The summed E-state index contributed by atoms with van der Waals surface area (Å²) in [4.78, 5) is 0. The highest BCUT2D eigenvalue weighted by molar-refractivity contribution is 5.22. The number of ether oxygens (including phenoxy) is 2. The van der Waals surface area contributed by atoms with Crippen molar-refractivity contribution in [2.24, 2.45) is 0 Å². The van der Waals surface area contributed by atoms with Crippen LogP contribution in [-0.4, -0.2) is 25.9 Å². The molecule has 106 valence electrons. The van der Waals surface area contributed by atoms with E-state index < -0.39 is 0 Å². The van der Waals surface area contributed by atoms with Gasteiger partial charge in [0.2, 0.25) is 0 Å². The Morgan fingerprint density at radius 2 is 2.26 bits per heavy atom. The normalized spacial score (nSPS) is 18.9. The molecule has 19 heavy (non-hydrogen) atoms. The maximum atomic E-state index is 5.74. The van der Waals surface area contributed by atoms with Gasteiger partial charge in [-0.1, -0.05) is 31.2 Å². The monoisotopic (exact) mass is 263 g/mol. The zero-order valence-corrected chi connectivity index (χ0v) is 11.9. The van der Waals surface area contributed by atoms with Crippen molar-refractivity contribution in [2.45, 2.75) is 45.4 Å². The second kappa shape index (κ2) is 8.31. The molecule has 0 radical (unpaired) electrons. The fourth-order valence-corrected chi connectivity index (χ4v) is 2.32. The SMILES string of the molecule is CCCNCc1cccc(COCC2CCCO2)c1. The summed E-state index contributed by atoms with van der Waals surface area (Å²) in [5.41, 5.74) is 2.57. The van der Waals surface area contributed by atoms with Crippen LogP contribution >= 0.6 is 0 Å². The van der Waals surface area contributed by atoms with E-state index in [1.165, 1.54) is 24.0 Å². The number of hydrogen-bond acceptors (Lipinski definition) is 3. The van der Waals surface area contributed by atoms with Crippen LogP contribution in [0.3, 0.4) is 0 Å². The molecule has 1 heterocycles. The van der Waals surface area contributed by atoms with E-state index >= 15 is 0 Å². The third-order valence-corrected chi connectivity index (χ3v) is 3.34. The lowest BCUT2D eigenvalue weighted by Crippen LogP contribution is -2.15. The zero-order chi connectivity index (χ0) is 13.3. The largest absolute Gasteiger partial charge is 0.376 e. The topological polar surface area (TPSA) is 30.5 Å². The van der Waals surface area contributed by atoms with Crippen molar-refractivity contribution in [1.82, 2.24) is 5.32 Å². The Balaban J connectivity index is 1.71. The highest BCUT2D eigenvalue weighted by atomic mass is 16.5. The van der Waals surface area contributed by atoms with E-state index in [1.807, 2.05) is 0 Å². The van der Waals surface area contributed by atoms with Crippen molar-refractivity contribution in [1.29, 1.82) is 0 Å². The molecule has 0 spiro atoms. The second-order valence-electron chi connectivity index (χ2n) is 5.15. The summed E-state index contributed by atoms with van der Waals surface area (Å²) in [6.07, 6.45) is 3.80. The first-order chi connectivity index (χ1) is 9.38. The van der Waals surface area contributed by atoms with E-state index in [0.29, 0.717) is 12.7 Å². The predicted octanol–water partition coefficient (Wildman–Crippen LogP) is 2.88. The van der Waals surface area contributed by atoms with E-state index in [4.69, 9.17) is 9.47 Å². The summed E-state index contributed by atoms with van der Waals surface area (Å²) in [6, 6.07) is 8.61. The summed E-state index contributed by atoms with van der Waals surface area (Å²) in [7, 11) is 0. The lowest BCUT2D eigenvalue weighted by atomic mass is 10.1. The molecule has 1 N–H and O–H groups in total. The minimum atomic E-state index is 0.314. The molecule has 3 nitrogen and oxygen atoms in total. The van der Waals surface area contributed by atoms with Crippen molar-refractivity contribution < 1.29 is 9.47 Å². The minimum absolute atomic E-state index is 0.314. The first-order valence-electron chi connectivity index (χ1n) is 7.36. The summed E-state index contributed by atoms with van der Waals surface area (Å²) >= 11 is 0. The Bertz CT molecular complexity index is 362. The smallest absolute Gasteiger partial charge is 0.0809 e. The fourth-order valence-electron chi connectivity index (χ4n) is 2.32. The van der Waals surface area contributed by atoms with Crippen LogP contribution in [0.5, 0.6) is 0 Å². The third-order valence-electron chi connectivity index (χ3n) is 3.34. The van der Waals surface area contributed by atoms with Gasteiger partial charge in [0.1, 0.15) is 0 Å². The average molecular weight is 263 g/mol. The molecule has 1 atom stereocenters. The molecular formula is C16H25NO2. The molecule has 0 saturated carbocycles. The van der Waals surface area contributed by atoms with E-state index in [2.05, 4.69) is 36.5 Å². The lowest BCUT2D eigenvalue weighted by Gasteiger charge is -2.11. The van der Waals surface area contributed by atoms with Crippen molar-refractivity contribution in [3.05, 3.63) is 35.4 Å². The van der Waals surface area contributed by atoms with Crippen molar-refractivity contribution in [3.8, 4) is 0 Å². The Labute approximate surface area is 116 Å². The van der Waals surface area contributed by atoms with E-state index in [9.17, 15) is 0 Å². The molecule has 1 aromatic carbocycles. The van der Waals surface area contributed by atoms with Crippen molar-refractivity contribution >= 4 is 0 Å². The maximum absolute atomic E-state index is 5.74. The highest BCUT2D eigenvalue weighted by Gasteiger charge is 2.15. The quantitative estimate of drug-likeness (QED) is 0.732. The fraction of sp³-hybridized carbons (Fsp3) is 0.625. The molecule has 1 saturated heterocycles. The maximum Gasteiger partial charge on any atom is 0.0809 e. The van der Waals surface area contributed by atoms with Crippen LogP contribution in [-0.2, 0) is 22.6 Å². The second-order valence-corrected chi connectivity index (χ2v) is 5.15. The standard InChI is InChI=1S/C16H25NO2/c1-2-8-17-11-14-5-3-6-15(10-14)12-18-13-16-7-4-9-19-16/h3,5-6,10,16-17H,2,4,7-9,11-13H2,1H3. The molecule has 0 bridgehead atoms. The van der Waals surface area contributed by atoms with Crippen molar-refractivity contribution in [2.75, 3.05) is 19.8 Å². The van der Waals surface area contributed by atoms with Gasteiger partial charge in [0.25, 0.3) is 0 Å². The average Bonchev–Trinajstić information content (AvgIpc) is 2.93. The van der Waals surface area contributed by atoms with E-state index in [-0.39, 0.29) is 0 Å². The van der Waals surface area contributed by atoms with Crippen LogP contribution in [0.2, 0.25) is 0 Å². The molecule has 0 amide bonds. The lowest BCUT2D eigenvalue weighted by molar-refractivity contribution is 0.0106. The van der Waals surface area contributed by atoms with E-state index in [1.54, 1.807) is 0 Å². The molecule has 1 aliphatic heterocycles. The summed E-state index contributed by atoms with van der Waals surface area (Å²) in [6.45, 7) is 6.49. The zero-order valence-electron chi connectivity index (χ0n) is 11.9. The Kier molecular flexibility index (Phi) is 6.34. The van der Waals surface area contributed by atoms with Crippen LogP contribution in [0.15, 0.2) is 24.3 Å². The van der Waals surface area contributed by atoms with Gasteiger partial charge < -0.3 is 14.8 Å². The van der Waals surface area contributed by atoms with Crippen LogP contribution in [0.25, 0.3) is 0 Å². The van der Waals surface area contributed by atoms with Crippen LogP contribution < -0.4 is 5.32 Å². The first-order valence-corrected chi connectivity index (χ1v) is 7.36. The Morgan fingerprint density at radius 3 is 3.05 bits per heavy atom. The first kappa shape index (κ1) is 14.5. The van der Waals surface area contributed by atoms with Gasteiger partial charge in [-0.3, -0.25) is 0 Å². The van der Waals surface area contributed by atoms with E-state index in [0.717, 1.165) is 32.7 Å². The third kappa shape index (κ3) is 5.31. The van der Waals surface area contributed by atoms with Gasteiger partial charge >= 0.3 is 0 Å². The number of rotatable bonds is 8. The molecule has 1 fully saturated rings. The molecule has 0 aromatic heterocycles. The molecule has 1 unspecified atom stereocenters. The van der Waals surface area contributed by atoms with Gasteiger partial charge in [0, 0.05) is 13.2 Å². The van der Waals surface area contributed by atoms with Gasteiger partial charge in [0.05, 0.1) is 19.3 Å². The summed E-state index contributed by atoms with van der Waals surface area (Å²) in [5.74, 6) is 0. The van der Waals surface area contributed by atoms with Gasteiger partial charge in [0.15, 0.2) is 0 Å². The molecular weight excluding hydrogens is 238 g/mol. The van der Waals surface area contributed by atoms with Gasteiger partial charge in [-0.2, -0.15) is 0 Å². The van der Waals surface area contributed by atoms with Crippen LogP contribution in [0, 0.1) is 0 Å². The number of nitrogens with one attached hydrogen (secondary N) is 1. The number of hydrogen-bond donors (Lipinski definition) is 1. The molecule has 2 rings (SSSR count). The van der Waals surface area contributed by atoms with Gasteiger partial charge in [-0.25, -0.2) is 0 Å². The molecule has 3 heteroatoms. The predicted molar refractivity (Wildman–Crippen MR) is 77.1 cm³/mol. The summed E-state index contributed by atoms with van der Waals surface area (Å²) in [5, 5.41) is 3.42. The molecule has 0 aliphatic carbocycles. The number of benzene rings is 1. The van der Waals surface area contributed by atoms with Gasteiger partial charge in [-0.05, 0) is 36.9 Å². The van der Waals surface area contributed by atoms with Gasteiger partial charge in [-0.15, -0.1) is 0 Å². The summed E-state index contributed by atoms with van der Waals surface area (Å²) < 4.78 is 11.3. The molecule has 1 aromatic rings. The van der Waals surface area contributed by atoms with Crippen LogP contribution in [0.4, 0.5) is 0 Å². The van der Waals surface area contributed by atoms with Crippen LogP contribution in [0.1, 0.15) is 37.3 Å². The highest BCUT2D eigenvalue weighted by Crippen LogP contribution is 2.13. The Morgan fingerprint density at radius 1 is 1.37 bits per heavy atom.